The van der Waals surface area contributed by atoms with Crippen molar-refractivity contribution in [2.75, 3.05) is 27.4 Å². The number of non-ortho nitro benzene ring substituents is 1. The summed E-state index contributed by atoms with van der Waals surface area (Å²) in [7, 11) is 2.64. The van der Waals surface area contributed by atoms with Gasteiger partial charge in [0.25, 0.3) is 5.69 Å². The number of hydrogen-bond donors (Lipinski definition) is 1. The summed E-state index contributed by atoms with van der Waals surface area (Å²) in [4.78, 5) is 34.7. The molecule has 1 heterocycles. The summed E-state index contributed by atoms with van der Waals surface area (Å²) in [5, 5.41) is 13.6. The van der Waals surface area contributed by atoms with Crippen molar-refractivity contribution in [3.63, 3.8) is 0 Å². The van der Waals surface area contributed by atoms with Gasteiger partial charge in [-0.15, -0.1) is 0 Å². The second kappa shape index (κ2) is 8.43. The van der Waals surface area contributed by atoms with Crippen LogP contribution in [0.15, 0.2) is 18.2 Å². The molecule has 0 unspecified atom stereocenters. The zero-order valence-corrected chi connectivity index (χ0v) is 14.0. The van der Waals surface area contributed by atoms with E-state index in [2.05, 4.69) is 5.32 Å². The lowest BCUT2D eigenvalue weighted by Gasteiger charge is -2.19. The molecule has 2 atom stereocenters. The number of rotatable bonds is 7. The highest BCUT2D eigenvalue weighted by atomic mass is 16.6. The monoisotopic (exact) mass is 352 g/mol. The van der Waals surface area contributed by atoms with Gasteiger partial charge in [0.15, 0.2) is 0 Å². The van der Waals surface area contributed by atoms with Gasteiger partial charge < -0.3 is 19.5 Å². The summed E-state index contributed by atoms with van der Waals surface area (Å²) in [6.07, 6.45) is 0.594. The van der Waals surface area contributed by atoms with Crippen LogP contribution in [0.25, 0.3) is 0 Å². The lowest BCUT2D eigenvalue weighted by molar-refractivity contribution is -0.384. The molecular weight excluding hydrogens is 332 g/mol. The van der Waals surface area contributed by atoms with Crippen molar-refractivity contribution in [2.24, 2.45) is 5.92 Å². The minimum atomic E-state index is -0.978. The lowest BCUT2D eigenvalue weighted by Crippen LogP contribution is -2.45. The molecule has 2 rings (SSSR count). The van der Waals surface area contributed by atoms with Gasteiger partial charge in [0, 0.05) is 30.7 Å². The molecule has 1 aromatic carbocycles. The number of amides is 1. The van der Waals surface area contributed by atoms with E-state index in [1.54, 1.807) is 0 Å². The third-order valence-electron chi connectivity index (χ3n) is 4.00. The van der Waals surface area contributed by atoms with Crippen LogP contribution >= 0.6 is 0 Å². The van der Waals surface area contributed by atoms with Gasteiger partial charge >= 0.3 is 5.97 Å². The van der Waals surface area contributed by atoms with Crippen LogP contribution in [0.4, 0.5) is 5.69 Å². The zero-order valence-electron chi connectivity index (χ0n) is 14.0. The van der Waals surface area contributed by atoms with Crippen molar-refractivity contribution >= 4 is 17.6 Å². The Bertz CT molecular complexity index is 656. The number of carbonyl (C=O) groups is 2. The second-order valence-electron chi connectivity index (χ2n) is 5.60. The normalized spacial score (nSPS) is 17.6. The summed E-state index contributed by atoms with van der Waals surface area (Å²) in [6.45, 7) is 0.805. The third-order valence-corrected chi connectivity index (χ3v) is 4.00. The predicted octanol–water partition coefficient (Wildman–Crippen LogP) is 0.840. The maximum Gasteiger partial charge on any atom is 0.328 e. The van der Waals surface area contributed by atoms with E-state index in [0.29, 0.717) is 30.9 Å². The maximum absolute atomic E-state index is 12.3. The van der Waals surface area contributed by atoms with E-state index in [1.807, 2.05) is 0 Å². The molecule has 1 saturated heterocycles. The molecule has 1 aliphatic heterocycles. The molecule has 0 bridgehead atoms. The number of nitrogens with zero attached hydrogens (tertiary/aromatic N) is 1. The summed E-state index contributed by atoms with van der Waals surface area (Å²) >= 11 is 0. The molecule has 136 valence electrons. The molecule has 0 spiro atoms. The Morgan fingerprint density at radius 1 is 1.44 bits per heavy atom. The molecule has 1 amide bonds. The average molecular weight is 352 g/mol. The number of methoxy groups -OCH3 is 2. The Hall–Kier alpha value is -2.68. The Balaban J connectivity index is 2.21. The number of nitro benzene ring substituents is 1. The SMILES string of the molecule is COC(=O)[C@H](Cc1cc([N+](=O)[O-])ccc1OC)NC(=O)[C@@H]1CCOC1. The standard InChI is InChI=1S/C16H20N2O7/c1-23-14-4-3-12(18(21)22)7-11(14)8-13(16(20)24-2)17-15(19)10-5-6-25-9-10/h3-4,7,10,13H,5-6,8-9H2,1-2H3,(H,17,19)/t10-,13+/m1/s1. The first kappa shape index (κ1) is 18.7. The van der Waals surface area contributed by atoms with E-state index < -0.39 is 16.9 Å². The highest BCUT2D eigenvalue weighted by Crippen LogP contribution is 2.25. The molecule has 1 aliphatic rings. The molecular formula is C16H20N2O7. The fourth-order valence-electron chi connectivity index (χ4n) is 2.62. The molecule has 9 heteroatoms. The first-order valence-corrected chi connectivity index (χ1v) is 7.73. The van der Waals surface area contributed by atoms with Crippen LogP contribution in [0.5, 0.6) is 5.75 Å². The van der Waals surface area contributed by atoms with E-state index in [9.17, 15) is 19.7 Å². The quantitative estimate of drug-likeness (QED) is 0.439. The van der Waals surface area contributed by atoms with Crippen molar-refractivity contribution < 1.29 is 28.7 Å². The summed E-state index contributed by atoms with van der Waals surface area (Å²) in [6, 6.07) is 3.10. The Kier molecular flexibility index (Phi) is 6.29. The van der Waals surface area contributed by atoms with Crippen molar-refractivity contribution in [3.05, 3.63) is 33.9 Å². The molecule has 1 fully saturated rings. The Labute approximate surface area is 144 Å². The van der Waals surface area contributed by atoms with Crippen LogP contribution in [0, 0.1) is 16.0 Å². The Morgan fingerprint density at radius 3 is 2.76 bits per heavy atom. The van der Waals surface area contributed by atoms with Crippen molar-refractivity contribution in [1.82, 2.24) is 5.32 Å². The average Bonchev–Trinajstić information content (AvgIpc) is 3.15. The van der Waals surface area contributed by atoms with Gasteiger partial charge in [0.1, 0.15) is 11.8 Å². The number of esters is 1. The minimum Gasteiger partial charge on any atom is -0.496 e. The zero-order chi connectivity index (χ0) is 18.4. The van der Waals surface area contributed by atoms with E-state index in [-0.39, 0.29) is 23.9 Å². The van der Waals surface area contributed by atoms with Crippen LogP contribution in [0.3, 0.4) is 0 Å². The minimum absolute atomic E-state index is 0.0108. The largest absolute Gasteiger partial charge is 0.496 e. The van der Waals surface area contributed by atoms with E-state index in [1.165, 1.54) is 32.4 Å². The molecule has 9 nitrogen and oxygen atoms in total. The summed E-state index contributed by atoms with van der Waals surface area (Å²) in [5.74, 6) is -0.879. The molecule has 1 N–H and O–H groups in total. The molecule has 0 aliphatic carbocycles. The number of nitrogens with one attached hydrogen (secondary N) is 1. The number of hydrogen-bond acceptors (Lipinski definition) is 7. The van der Waals surface area contributed by atoms with Crippen LogP contribution < -0.4 is 10.1 Å². The Morgan fingerprint density at radius 2 is 2.20 bits per heavy atom. The topological polar surface area (TPSA) is 117 Å². The number of nitro groups is 1. The number of carbonyl (C=O) groups excluding carboxylic acids is 2. The molecule has 1 aromatic rings. The van der Waals surface area contributed by atoms with Crippen LogP contribution in [-0.4, -0.2) is 50.3 Å². The summed E-state index contributed by atoms with van der Waals surface area (Å²) in [5.41, 5.74) is 0.296. The van der Waals surface area contributed by atoms with Crippen molar-refractivity contribution in [3.8, 4) is 5.75 Å². The highest BCUT2D eigenvalue weighted by Gasteiger charge is 2.29. The van der Waals surface area contributed by atoms with Gasteiger partial charge in [-0.25, -0.2) is 4.79 Å². The summed E-state index contributed by atoms with van der Waals surface area (Å²) < 4.78 is 15.1. The molecule has 25 heavy (non-hydrogen) atoms. The van der Waals surface area contributed by atoms with Gasteiger partial charge in [-0.2, -0.15) is 0 Å². The third kappa shape index (κ3) is 4.66. The van der Waals surface area contributed by atoms with Crippen LogP contribution in [-0.2, 0) is 25.5 Å². The fourth-order valence-corrected chi connectivity index (χ4v) is 2.62. The van der Waals surface area contributed by atoms with E-state index >= 15 is 0 Å². The fraction of sp³-hybridized carbons (Fsp3) is 0.500. The molecule has 0 saturated carbocycles. The molecule has 0 radical (unpaired) electrons. The number of benzene rings is 1. The van der Waals surface area contributed by atoms with Crippen LogP contribution in [0.2, 0.25) is 0 Å². The first-order valence-electron chi connectivity index (χ1n) is 7.73. The lowest BCUT2D eigenvalue weighted by atomic mass is 10.0. The first-order chi connectivity index (χ1) is 12.0. The van der Waals surface area contributed by atoms with Gasteiger partial charge in [0.05, 0.1) is 31.7 Å². The van der Waals surface area contributed by atoms with Crippen molar-refractivity contribution in [1.29, 1.82) is 0 Å². The van der Waals surface area contributed by atoms with E-state index in [0.717, 1.165) is 0 Å². The van der Waals surface area contributed by atoms with E-state index in [4.69, 9.17) is 14.2 Å². The van der Waals surface area contributed by atoms with Gasteiger partial charge in [0.2, 0.25) is 5.91 Å². The smallest absolute Gasteiger partial charge is 0.328 e. The van der Waals surface area contributed by atoms with Gasteiger partial charge in [-0.1, -0.05) is 0 Å². The number of ether oxygens (including phenoxy) is 3. The maximum atomic E-state index is 12.3. The van der Waals surface area contributed by atoms with Gasteiger partial charge in [-0.3, -0.25) is 14.9 Å². The van der Waals surface area contributed by atoms with Crippen molar-refractivity contribution in [2.45, 2.75) is 18.9 Å². The highest BCUT2D eigenvalue weighted by molar-refractivity contribution is 5.86. The predicted molar refractivity (Wildman–Crippen MR) is 86.2 cm³/mol. The van der Waals surface area contributed by atoms with Crippen LogP contribution in [0.1, 0.15) is 12.0 Å². The van der Waals surface area contributed by atoms with Gasteiger partial charge in [-0.05, 0) is 12.5 Å². The molecule has 0 aromatic heterocycles. The second-order valence-corrected chi connectivity index (χ2v) is 5.60.